The Hall–Kier alpha value is -1.23. The van der Waals surface area contributed by atoms with E-state index in [1.54, 1.807) is 11.3 Å². The van der Waals surface area contributed by atoms with Gasteiger partial charge in [-0.15, -0.1) is 11.3 Å². The fraction of sp³-hybridized carbons (Fsp3) is 0.571. The molecule has 2 aromatic rings. The van der Waals surface area contributed by atoms with Gasteiger partial charge in [0.1, 0.15) is 0 Å². The summed E-state index contributed by atoms with van der Waals surface area (Å²) in [6.07, 6.45) is 3.54. The zero-order chi connectivity index (χ0) is 17.7. The van der Waals surface area contributed by atoms with E-state index in [-0.39, 0.29) is 5.41 Å². The number of rotatable bonds is 8. The molecule has 0 saturated carbocycles. The average molecular weight is 359 g/mol. The molecule has 2 heterocycles. The van der Waals surface area contributed by atoms with Crippen molar-refractivity contribution in [3.8, 4) is 0 Å². The molecule has 0 amide bonds. The Labute approximate surface area is 156 Å². The Morgan fingerprint density at radius 1 is 1.32 bits per heavy atom. The number of thiazole rings is 1. The van der Waals surface area contributed by atoms with E-state index >= 15 is 0 Å². The number of nitrogens with zero attached hydrogens (tertiary/aromatic N) is 2. The quantitative estimate of drug-likeness (QED) is 0.673. The van der Waals surface area contributed by atoms with Crippen molar-refractivity contribution in [1.82, 2.24) is 9.88 Å². The van der Waals surface area contributed by atoms with Crippen LogP contribution in [0.25, 0.3) is 0 Å². The molecule has 0 aliphatic carbocycles. The monoisotopic (exact) mass is 358 g/mol. The molecule has 1 aromatic carbocycles. The number of ether oxygens (including phenoxy) is 1. The maximum absolute atomic E-state index is 5.91. The van der Waals surface area contributed by atoms with Gasteiger partial charge in [0, 0.05) is 23.9 Å². The lowest BCUT2D eigenvalue weighted by atomic mass is 9.82. The van der Waals surface area contributed by atoms with Crippen molar-refractivity contribution in [2.24, 2.45) is 5.41 Å². The summed E-state index contributed by atoms with van der Waals surface area (Å²) in [6, 6.07) is 11.2. The standard InChI is InChI=1S/C21H30N2OS/c1-4-24-16-21(11-10-19-8-6-5-7-9-19)12-13-23(15-21)17(2)20-14-25-18(3)22-20/h5-9,14,17H,4,10-13,15-16H2,1-3H3. The summed E-state index contributed by atoms with van der Waals surface area (Å²) in [5, 5.41) is 3.37. The molecule has 1 aliphatic rings. The first kappa shape index (κ1) is 18.6. The maximum atomic E-state index is 5.91. The van der Waals surface area contributed by atoms with Crippen LogP contribution in [0, 0.1) is 12.3 Å². The highest BCUT2D eigenvalue weighted by Crippen LogP contribution is 2.39. The minimum absolute atomic E-state index is 0.269. The van der Waals surface area contributed by atoms with Gasteiger partial charge in [-0.05, 0) is 52.1 Å². The molecule has 1 aliphatic heterocycles. The maximum Gasteiger partial charge on any atom is 0.0898 e. The van der Waals surface area contributed by atoms with E-state index in [0.717, 1.165) is 37.7 Å². The van der Waals surface area contributed by atoms with Crippen molar-refractivity contribution < 1.29 is 4.74 Å². The summed E-state index contributed by atoms with van der Waals surface area (Å²) in [6.45, 7) is 10.4. The zero-order valence-electron chi connectivity index (χ0n) is 15.7. The topological polar surface area (TPSA) is 25.4 Å². The summed E-state index contributed by atoms with van der Waals surface area (Å²) < 4.78 is 5.91. The molecule has 2 unspecified atom stereocenters. The minimum Gasteiger partial charge on any atom is -0.381 e. The number of hydrogen-bond acceptors (Lipinski definition) is 4. The highest BCUT2D eigenvalue weighted by atomic mass is 32.1. The van der Waals surface area contributed by atoms with Crippen LogP contribution >= 0.6 is 11.3 Å². The van der Waals surface area contributed by atoms with Crippen molar-refractivity contribution in [2.45, 2.75) is 46.1 Å². The number of hydrogen-bond donors (Lipinski definition) is 0. The van der Waals surface area contributed by atoms with Gasteiger partial charge >= 0.3 is 0 Å². The third kappa shape index (κ3) is 4.69. The Morgan fingerprint density at radius 3 is 2.80 bits per heavy atom. The van der Waals surface area contributed by atoms with Crippen LogP contribution in [0.2, 0.25) is 0 Å². The molecule has 0 N–H and O–H groups in total. The van der Waals surface area contributed by atoms with E-state index in [1.165, 1.54) is 24.1 Å². The lowest BCUT2D eigenvalue weighted by Gasteiger charge is -2.31. The second-order valence-electron chi connectivity index (χ2n) is 7.31. The predicted molar refractivity (Wildman–Crippen MR) is 105 cm³/mol. The molecule has 25 heavy (non-hydrogen) atoms. The number of aromatic nitrogens is 1. The molecular formula is C21H30N2OS. The second kappa shape index (κ2) is 8.43. The van der Waals surface area contributed by atoms with E-state index in [1.807, 2.05) is 0 Å². The highest BCUT2D eigenvalue weighted by molar-refractivity contribution is 7.09. The summed E-state index contributed by atoms with van der Waals surface area (Å²) in [5.74, 6) is 0. The zero-order valence-corrected chi connectivity index (χ0v) is 16.5. The summed E-state index contributed by atoms with van der Waals surface area (Å²) >= 11 is 1.75. The Balaban J connectivity index is 1.66. The predicted octanol–water partition coefficient (Wildman–Crippen LogP) is 4.87. The summed E-state index contributed by atoms with van der Waals surface area (Å²) in [7, 11) is 0. The van der Waals surface area contributed by atoms with Crippen LogP contribution in [-0.4, -0.2) is 36.2 Å². The molecule has 2 atom stereocenters. The molecule has 1 saturated heterocycles. The molecular weight excluding hydrogens is 328 g/mol. The third-order valence-electron chi connectivity index (χ3n) is 5.48. The third-order valence-corrected chi connectivity index (χ3v) is 6.27. The largest absolute Gasteiger partial charge is 0.381 e. The van der Waals surface area contributed by atoms with E-state index in [0.29, 0.717) is 6.04 Å². The van der Waals surface area contributed by atoms with Crippen LogP contribution in [0.3, 0.4) is 0 Å². The van der Waals surface area contributed by atoms with Gasteiger partial charge in [-0.1, -0.05) is 30.3 Å². The van der Waals surface area contributed by atoms with Gasteiger partial charge in [-0.3, -0.25) is 4.90 Å². The summed E-state index contributed by atoms with van der Waals surface area (Å²) in [5.41, 5.74) is 2.92. The number of likely N-dealkylation sites (tertiary alicyclic amines) is 1. The average Bonchev–Trinajstić information content (AvgIpc) is 3.26. The molecule has 4 heteroatoms. The van der Waals surface area contributed by atoms with Crippen molar-refractivity contribution in [1.29, 1.82) is 0 Å². The molecule has 0 spiro atoms. The van der Waals surface area contributed by atoms with E-state index in [9.17, 15) is 0 Å². The minimum atomic E-state index is 0.269. The van der Waals surface area contributed by atoms with E-state index < -0.39 is 0 Å². The first-order valence-electron chi connectivity index (χ1n) is 9.40. The van der Waals surface area contributed by atoms with Crippen molar-refractivity contribution in [2.75, 3.05) is 26.3 Å². The van der Waals surface area contributed by atoms with Gasteiger partial charge in [0.05, 0.1) is 23.4 Å². The molecule has 136 valence electrons. The lowest BCUT2D eigenvalue weighted by molar-refractivity contribution is 0.0465. The first-order valence-corrected chi connectivity index (χ1v) is 10.3. The van der Waals surface area contributed by atoms with Crippen LogP contribution in [0.5, 0.6) is 0 Å². The van der Waals surface area contributed by atoms with Crippen LogP contribution in [0.4, 0.5) is 0 Å². The van der Waals surface area contributed by atoms with Crippen LogP contribution < -0.4 is 0 Å². The molecule has 0 bridgehead atoms. The Kier molecular flexibility index (Phi) is 6.26. The highest BCUT2D eigenvalue weighted by Gasteiger charge is 2.40. The summed E-state index contributed by atoms with van der Waals surface area (Å²) in [4.78, 5) is 7.30. The van der Waals surface area contributed by atoms with Crippen LogP contribution in [-0.2, 0) is 11.2 Å². The Bertz CT molecular complexity index is 657. The van der Waals surface area contributed by atoms with E-state index in [4.69, 9.17) is 9.72 Å². The molecule has 0 radical (unpaired) electrons. The van der Waals surface area contributed by atoms with Crippen LogP contribution in [0.15, 0.2) is 35.7 Å². The molecule has 3 nitrogen and oxygen atoms in total. The number of benzene rings is 1. The van der Waals surface area contributed by atoms with Gasteiger partial charge < -0.3 is 4.74 Å². The SMILES string of the molecule is CCOCC1(CCc2ccccc2)CCN(C(C)c2csc(C)n2)C1. The van der Waals surface area contributed by atoms with Gasteiger partial charge in [-0.25, -0.2) is 4.98 Å². The molecule has 1 fully saturated rings. The first-order chi connectivity index (χ1) is 12.1. The molecule has 1 aromatic heterocycles. The van der Waals surface area contributed by atoms with Crippen molar-refractivity contribution in [3.05, 3.63) is 52.0 Å². The smallest absolute Gasteiger partial charge is 0.0898 e. The van der Waals surface area contributed by atoms with Gasteiger partial charge in [0.15, 0.2) is 0 Å². The Morgan fingerprint density at radius 2 is 2.12 bits per heavy atom. The van der Waals surface area contributed by atoms with E-state index in [2.05, 4.69) is 61.4 Å². The molecule has 3 rings (SSSR count). The number of aryl methyl sites for hydroxylation is 2. The van der Waals surface area contributed by atoms with Gasteiger partial charge in [0.2, 0.25) is 0 Å². The fourth-order valence-electron chi connectivity index (χ4n) is 3.83. The van der Waals surface area contributed by atoms with Gasteiger partial charge in [-0.2, -0.15) is 0 Å². The fourth-order valence-corrected chi connectivity index (χ4v) is 4.53. The normalized spacial score (nSPS) is 22.4. The van der Waals surface area contributed by atoms with Crippen LogP contribution in [0.1, 0.15) is 49.0 Å². The second-order valence-corrected chi connectivity index (χ2v) is 8.37. The van der Waals surface area contributed by atoms with Crippen molar-refractivity contribution in [3.63, 3.8) is 0 Å². The lowest BCUT2D eigenvalue weighted by Crippen LogP contribution is -2.33. The van der Waals surface area contributed by atoms with Crippen molar-refractivity contribution >= 4 is 11.3 Å². The van der Waals surface area contributed by atoms with Gasteiger partial charge in [0.25, 0.3) is 0 Å².